The van der Waals surface area contributed by atoms with Crippen LogP contribution in [-0.4, -0.2) is 22.4 Å². The van der Waals surface area contributed by atoms with Gasteiger partial charge in [-0.1, -0.05) is 60.1 Å². The summed E-state index contributed by atoms with van der Waals surface area (Å²) in [6, 6.07) is 15.4. The number of aryl methyl sites for hydroxylation is 1. The summed E-state index contributed by atoms with van der Waals surface area (Å²) < 4.78 is 1.59. The molecule has 3 aromatic rings. The lowest BCUT2D eigenvalue weighted by Gasteiger charge is -2.19. The first kappa shape index (κ1) is 20.6. The molecule has 0 amide bonds. The van der Waals surface area contributed by atoms with Crippen molar-refractivity contribution in [1.29, 1.82) is 0 Å². The van der Waals surface area contributed by atoms with Crippen molar-refractivity contribution in [2.75, 3.05) is 5.73 Å². The molecule has 7 nitrogen and oxygen atoms in total. The molecule has 0 fully saturated rings. The van der Waals surface area contributed by atoms with E-state index in [-0.39, 0.29) is 41.2 Å². The first-order valence-electron chi connectivity index (χ1n) is 9.64. The van der Waals surface area contributed by atoms with Crippen molar-refractivity contribution in [2.45, 2.75) is 20.0 Å². The third kappa shape index (κ3) is 4.00. The van der Waals surface area contributed by atoms with Crippen LogP contribution in [0.1, 0.15) is 42.3 Å². The number of ketones is 3. The zero-order valence-electron chi connectivity index (χ0n) is 16.7. The molecule has 1 heterocycles. The van der Waals surface area contributed by atoms with Gasteiger partial charge >= 0.3 is 0 Å². The van der Waals surface area contributed by atoms with Crippen LogP contribution in [0, 0.1) is 6.92 Å². The van der Waals surface area contributed by atoms with Gasteiger partial charge in [0.15, 0.2) is 6.54 Å². The number of rotatable bonds is 6. The number of carbonyl (C=O) groups is 3. The molecule has 8 heteroatoms. The first-order valence-corrected chi connectivity index (χ1v) is 10.0. The predicted molar refractivity (Wildman–Crippen MR) is 116 cm³/mol. The van der Waals surface area contributed by atoms with Gasteiger partial charge in [-0.15, -0.1) is 0 Å². The van der Waals surface area contributed by atoms with Gasteiger partial charge in [0.05, 0.1) is 11.8 Å². The van der Waals surface area contributed by atoms with E-state index in [1.165, 1.54) is 0 Å². The number of hydrogen-bond acceptors (Lipinski definition) is 5. The predicted octanol–water partition coefficient (Wildman–Crippen LogP) is 2.69. The Labute approximate surface area is 183 Å². The molecule has 1 aliphatic rings. The lowest BCUT2D eigenvalue weighted by atomic mass is 9.92. The van der Waals surface area contributed by atoms with Crippen LogP contribution in [-0.2, 0) is 13.1 Å². The van der Waals surface area contributed by atoms with Gasteiger partial charge in [-0.3, -0.25) is 20.1 Å². The fourth-order valence-corrected chi connectivity index (χ4v) is 3.73. The Morgan fingerprint density at radius 3 is 2.32 bits per heavy atom. The SMILES string of the molecule is Cc1cc(N)[n+](CC(=O)c2ccc(CNC3=C(Cl)C(=O)c4ccccc4C3=O)cc2)[nH]1. The number of aromatic nitrogens is 2. The topological polar surface area (TPSA) is 109 Å². The Morgan fingerprint density at radius 1 is 1.06 bits per heavy atom. The zero-order chi connectivity index (χ0) is 22.1. The molecule has 0 saturated carbocycles. The third-order valence-corrected chi connectivity index (χ3v) is 5.46. The van der Waals surface area contributed by atoms with Crippen molar-refractivity contribution >= 4 is 34.8 Å². The molecule has 1 aromatic heterocycles. The van der Waals surface area contributed by atoms with Gasteiger partial charge < -0.3 is 5.32 Å². The summed E-state index contributed by atoms with van der Waals surface area (Å²) in [6.07, 6.45) is 0. The second-order valence-electron chi connectivity index (χ2n) is 7.32. The summed E-state index contributed by atoms with van der Waals surface area (Å²) in [7, 11) is 0. The third-order valence-electron chi connectivity index (χ3n) is 5.10. The number of Topliss-reactive ketones (excluding diaryl/α,β-unsaturated/α-hetero) is 3. The van der Waals surface area contributed by atoms with E-state index in [4.69, 9.17) is 17.3 Å². The molecule has 0 saturated heterocycles. The van der Waals surface area contributed by atoms with Crippen LogP contribution in [0.3, 0.4) is 0 Å². The molecule has 0 spiro atoms. The lowest BCUT2D eigenvalue weighted by Crippen LogP contribution is -2.42. The molecule has 0 unspecified atom stereocenters. The van der Waals surface area contributed by atoms with E-state index in [9.17, 15) is 14.4 Å². The van der Waals surface area contributed by atoms with Crippen molar-refractivity contribution in [1.82, 2.24) is 10.4 Å². The number of carbonyl (C=O) groups excluding carboxylic acids is 3. The number of nitrogens with one attached hydrogen (secondary N) is 2. The second kappa shape index (κ2) is 8.20. The van der Waals surface area contributed by atoms with Crippen LogP contribution >= 0.6 is 11.6 Å². The van der Waals surface area contributed by atoms with E-state index in [1.807, 2.05) is 6.92 Å². The van der Waals surface area contributed by atoms with Crippen LogP contribution in [0.5, 0.6) is 0 Å². The number of hydrogen-bond donors (Lipinski definition) is 3. The van der Waals surface area contributed by atoms with E-state index in [2.05, 4.69) is 10.4 Å². The smallest absolute Gasteiger partial charge is 0.293 e. The molecule has 0 bridgehead atoms. The Hall–Kier alpha value is -3.71. The summed E-state index contributed by atoms with van der Waals surface area (Å²) in [5, 5.41) is 5.87. The zero-order valence-corrected chi connectivity index (χ0v) is 17.5. The highest BCUT2D eigenvalue weighted by Crippen LogP contribution is 2.27. The normalized spacial score (nSPS) is 13.4. The summed E-state index contributed by atoms with van der Waals surface area (Å²) in [4.78, 5) is 37.7. The monoisotopic (exact) mass is 435 g/mol. The van der Waals surface area contributed by atoms with Crippen LogP contribution in [0.15, 0.2) is 65.3 Å². The Balaban J connectivity index is 1.44. The second-order valence-corrected chi connectivity index (χ2v) is 7.69. The molecule has 4 rings (SSSR count). The van der Waals surface area contributed by atoms with Crippen LogP contribution in [0.25, 0.3) is 0 Å². The number of aromatic amines is 1. The fraction of sp³-hybridized carbons (Fsp3) is 0.130. The number of nitrogens with zero attached hydrogens (tertiary/aromatic N) is 1. The maximum atomic E-state index is 12.7. The van der Waals surface area contributed by atoms with Gasteiger partial charge in [-0.2, -0.15) is 4.68 Å². The summed E-state index contributed by atoms with van der Waals surface area (Å²) in [5.74, 6) is -0.293. The molecule has 31 heavy (non-hydrogen) atoms. The van der Waals surface area contributed by atoms with Crippen LogP contribution in [0.4, 0.5) is 5.82 Å². The Bertz CT molecular complexity index is 1240. The molecular formula is C23H20ClN4O3+. The van der Waals surface area contributed by atoms with E-state index in [0.29, 0.717) is 22.5 Å². The van der Waals surface area contributed by atoms with Gasteiger partial charge in [0.25, 0.3) is 5.82 Å². The Kier molecular flexibility index (Phi) is 5.44. The number of benzene rings is 2. The number of nitrogens with two attached hydrogens (primary N) is 1. The highest BCUT2D eigenvalue weighted by atomic mass is 35.5. The molecule has 0 atom stereocenters. The van der Waals surface area contributed by atoms with E-state index in [0.717, 1.165) is 11.3 Å². The minimum Gasteiger partial charge on any atom is -0.376 e. The molecule has 156 valence electrons. The highest BCUT2D eigenvalue weighted by molar-refractivity contribution is 6.49. The maximum absolute atomic E-state index is 12.7. The number of anilines is 1. The Morgan fingerprint density at radius 2 is 1.71 bits per heavy atom. The van der Waals surface area contributed by atoms with Crippen LogP contribution in [0.2, 0.25) is 0 Å². The van der Waals surface area contributed by atoms with Gasteiger partial charge in [0.2, 0.25) is 17.3 Å². The number of allylic oxidation sites excluding steroid dienone is 2. The van der Waals surface area contributed by atoms with E-state index >= 15 is 0 Å². The fourth-order valence-electron chi connectivity index (χ4n) is 3.48. The summed E-state index contributed by atoms with van der Waals surface area (Å²) in [6.45, 7) is 2.25. The van der Waals surface area contributed by atoms with Crippen molar-refractivity contribution in [3.05, 3.63) is 93.3 Å². The molecule has 0 radical (unpaired) electrons. The molecule has 0 aliphatic heterocycles. The highest BCUT2D eigenvalue weighted by Gasteiger charge is 2.31. The number of H-pyrrole nitrogens is 1. The average Bonchev–Trinajstić information content (AvgIpc) is 3.09. The average molecular weight is 436 g/mol. The minimum absolute atomic E-state index is 0.0829. The van der Waals surface area contributed by atoms with Crippen molar-refractivity contribution < 1.29 is 19.1 Å². The van der Waals surface area contributed by atoms with Crippen molar-refractivity contribution in [2.24, 2.45) is 0 Å². The van der Waals surface area contributed by atoms with Crippen molar-refractivity contribution in [3.63, 3.8) is 0 Å². The van der Waals surface area contributed by atoms with Gasteiger partial charge in [0.1, 0.15) is 10.7 Å². The van der Waals surface area contributed by atoms with E-state index in [1.54, 1.807) is 59.3 Å². The lowest BCUT2D eigenvalue weighted by molar-refractivity contribution is -0.724. The molecule has 2 aromatic carbocycles. The van der Waals surface area contributed by atoms with Gasteiger partial charge in [0, 0.05) is 23.2 Å². The summed E-state index contributed by atoms with van der Waals surface area (Å²) in [5.41, 5.74) is 8.83. The molecule has 1 aliphatic carbocycles. The minimum atomic E-state index is -0.378. The molecule has 4 N–H and O–H groups in total. The van der Waals surface area contributed by atoms with Gasteiger partial charge in [-0.25, -0.2) is 5.10 Å². The summed E-state index contributed by atoms with van der Waals surface area (Å²) >= 11 is 6.17. The largest absolute Gasteiger partial charge is 0.376 e. The maximum Gasteiger partial charge on any atom is 0.293 e. The standard InChI is InChI=1S/C23H19ClN4O3/c1-13-10-19(25)28(27-13)12-18(29)15-8-6-14(7-9-15)11-26-21-20(24)22(30)16-4-2-3-5-17(16)23(21)31/h2-10H,11-12H2,1H3,(H3,25,26,27,30)/p+1. The van der Waals surface area contributed by atoms with Crippen molar-refractivity contribution in [3.8, 4) is 0 Å². The first-order chi connectivity index (χ1) is 14.8. The number of fused-ring (bicyclic) bond motifs is 1. The number of halogens is 1. The van der Waals surface area contributed by atoms with E-state index < -0.39 is 0 Å². The number of nitrogen functional groups attached to an aromatic ring is 1. The molecular weight excluding hydrogens is 416 g/mol. The van der Waals surface area contributed by atoms with Crippen LogP contribution < -0.4 is 15.7 Å². The van der Waals surface area contributed by atoms with Gasteiger partial charge in [-0.05, 0) is 12.5 Å². The quantitative estimate of drug-likeness (QED) is 0.407.